The lowest BCUT2D eigenvalue weighted by atomic mass is 10.2. The molecule has 0 aliphatic carbocycles. The number of hydrogen-bond donors (Lipinski definition) is 0. The molecule has 0 spiro atoms. The second-order valence-corrected chi connectivity index (χ2v) is 3.90. The van der Waals surface area contributed by atoms with Crippen LogP contribution in [0.3, 0.4) is 0 Å². The van der Waals surface area contributed by atoms with Crippen LogP contribution in [0, 0.1) is 6.92 Å². The summed E-state index contributed by atoms with van der Waals surface area (Å²) >= 11 is 5.71. The average Bonchev–Trinajstić information content (AvgIpc) is 2.65. The van der Waals surface area contributed by atoms with Gasteiger partial charge in [0.2, 0.25) is 11.2 Å². The van der Waals surface area contributed by atoms with Gasteiger partial charge in [0.1, 0.15) is 6.61 Å². The number of aromatic nitrogens is 2. The van der Waals surface area contributed by atoms with Gasteiger partial charge in [-0.25, -0.2) is 4.98 Å². The Morgan fingerprint density at radius 2 is 2.47 bits per heavy atom. The Labute approximate surface area is 93.6 Å². The molecule has 1 atom stereocenters. The molecular formula is C10H13ClN2O2. The topological polar surface area (TPSA) is 44.2 Å². The maximum Gasteiger partial charge on any atom is 0.225 e. The van der Waals surface area contributed by atoms with E-state index in [2.05, 4.69) is 9.97 Å². The minimum Gasteiger partial charge on any atom is -0.475 e. The summed E-state index contributed by atoms with van der Waals surface area (Å²) in [6.07, 6.45) is 2.36. The number of hydrogen-bond acceptors (Lipinski definition) is 4. The quantitative estimate of drug-likeness (QED) is 0.743. The van der Waals surface area contributed by atoms with Crippen molar-refractivity contribution in [2.75, 3.05) is 13.2 Å². The fourth-order valence-corrected chi connectivity index (χ4v) is 1.75. The van der Waals surface area contributed by atoms with Crippen LogP contribution >= 0.6 is 11.6 Å². The molecule has 1 aliphatic rings. The van der Waals surface area contributed by atoms with Gasteiger partial charge < -0.3 is 9.47 Å². The zero-order valence-corrected chi connectivity index (χ0v) is 9.33. The van der Waals surface area contributed by atoms with E-state index in [1.807, 2.05) is 6.92 Å². The molecule has 15 heavy (non-hydrogen) atoms. The number of rotatable bonds is 3. The van der Waals surface area contributed by atoms with E-state index < -0.39 is 0 Å². The Balaban J connectivity index is 1.92. The molecule has 1 unspecified atom stereocenters. The standard InChI is InChI=1S/C10H13ClN2O2/c1-7-5-9(13-10(11)12-7)15-6-8-3-2-4-14-8/h5,8H,2-4,6H2,1H3. The fourth-order valence-electron chi connectivity index (χ4n) is 1.53. The highest BCUT2D eigenvalue weighted by Gasteiger charge is 2.16. The van der Waals surface area contributed by atoms with Crippen molar-refractivity contribution in [2.45, 2.75) is 25.9 Å². The first-order valence-electron chi connectivity index (χ1n) is 4.99. The van der Waals surface area contributed by atoms with Crippen LogP contribution in [0.25, 0.3) is 0 Å². The predicted molar refractivity (Wildman–Crippen MR) is 56.2 cm³/mol. The smallest absolute Gasteiger partial charge is 0.225 e. The molecular weight excluding hydrogens is 216 g/mol. The van der Waals surface area contributed by atoms with Crippen molar-refractivity contribution in [3.63, 3.8) is 0 Å². The number of ether oxygens (including phenoxy) is 2. The highest BCUT2D eigenvalue weighted by atomic mass is 35.5. The van der Waals surface area contributed by atoms with E-state index in [9.17, 15) is 0 Å². The highest BCUT2D eigenvalue weighted by molar-refractivity contribution is 6.28. The van der Waals surface area contributed by atoms with Crippen molar-refractivity contribution in [2.24, 2.45) is 0 Å². The van der Waals surface area contributed by atoms with Crippen molar-refractivity contribution in [3.05, 3.63) is 17.0 Å². The fraction of sp³-hybridized carbons (Fsp3) is 0.600. The minimum absolute atomic E-state index is 0.194. The van der Waals surface area contributed by atoms with Gasteiger partial charge in [-0.1, -0.05) is 0 Å². The van der Waals surface area contributed by atoms with Crippen molar-refractivity contribution in [1.29, 1.82) is 0 Å². The molecule has 2 heterocycles. The van der Waals surface area contributed by atoms with E-state index in [0.717, 1.165) is 25.1 Å². The van der Waals surface area contributed by atoms with E-state index >= 15 is 0 Å². The molecule has 0 saturated carbocycles. The van der Waals surface area contributed by atoms with E-state index in [4.69, 9.17) is 21.1 Å². The predicted octanol–water partition coefficient (Wildman–Crippen LogP) is 2.00. The lowest BCUT2D eigenvalue weighted by Gasteiger charge is -2.10. The zero-order valence-electron chi connectivity index (χ0n) is 8.57. The molecule has 0 aromatic carbocycles. The summed E-state index contributed by atoms with van der Waals surface area (Å²) in [6, 6.07) is 1.76. The lowest BCUT2D eigenvalue weighted by Crippen LogP contribution is -2.16. The van der Waals surface area contributed by atoms with Gasteiger partial charge in [0.05, 0.1) is 6.10 Å². The molecule has 0 bridgehead atoms. The summed E-state index contributed by atoms with van der Waals surface area (Å²) in [5.74, 6) is 0.517. The molecule has 2 rings (SSSR count). The Hall–Kier alpha value is -0.870. The van der Waals surface area contributed by atoms with Gasteiger partial charge >= 0.3 is 0 Å². The van der Waals surface area contributed by atoms with Crippen LogP contribution in [0.1, 0.15) is 18.5 Å². The third kappa shape index (κ3) is 3.04. The summed E-state index contributed by atoms with van der Waals surface area (Å²) < 4.78 is 10.9. The van der Waals surface area contributed by atoms with Crippen molar-refractivity contribution < 1.29 is 9.47 Å². The van der Waals surface area contributed by atoms with Crippen LogP contribution in [0.15, 0.2) is 6.07 Å². The maximum atomic E-state index is 5.71. The molecule has 4 nitrogen and oxygen atoms in total. The molecule has 1 saturated heterocycles. The van der Waals surface area contributed by atoms with Crippen molar-refractivity contribution in [1.82, 2.24) is 9.97 Å². The minimum atomic E-state index is 0.194. The van der Waals surface area contributed by atoms with E-state index in [1.54, 1.807) is 6.07 Å². The number of nitrogens with zero attached hydrogens (tertiary/aromatic N) is 2. The van der Waals surface area contributed by atoms with Gasteiger partial charge in [0.15, 0.2) is 0 Å². The highest BCUT2D eigenvalue weighted by Crippen LogP contribution is 2.16. The van der Waals surface area contributed by atoms with E-state index in [0.29, 0.717) is 12.5 Å². The first kappa shape index (κ1) is 10.6. The van der Waals surface area contributed by atoms with E-state index in [-0.39, 0.29) is 11.4 Å². The summed E-state index contributed by atoms with van der Waals surface area (Å²) in [5.41, 5.74) is 0.803. The molecule has 1 aliphatic heterocycles. The Morgan fingerprint density at radius 3 is 3.13 bits per heavy atom. The van der Waals surface area contributed by atoms with Gasteiger partial charge in [-0.05, 0) is 31.4 Å². The van der Waals surface area contributed by atoms with Gasteiger partial charge in [-0.2, -0.15) is 4.98 Å². The van der Waals surface area contributed by atoms with E-state index in [1.165, 1.54) is 0 Å². The average molecular weight is 229 g/mol. The second-order valence-electron chi connectivity index (χ2n) is 3.56. The molecule has 1 fully saturated rings. The van der Waals surface area contributed by atoms with Gasteiger partial charge in [-0.3, -0.25) is 0 Å². The summed E-state index contributed by atoms with van der Waals surface area (Å²) in [5, 5.41) is 0.220. The van der Waals surface area contributed by atoms with Crippen molar-refractivity contribution in [3.8, 4) is 5.88 Å². The van der Waals surface area contributed by atoms with Crippen LogP contribution in [0.5, 0.6) is 5.88 Å². The van der Waals surface area contributed by atoms with Crippen molar-refractivity contribution >= 4 is 11.6 Å². The third-order valence-corrected chi connectivity index (χ3v) is 2.41. The lowest BCUT2D eigenvalue weighted by molar-refractivity contribution is 0.0662. The first-order valence-corrected chi connectivity index (χ1v) is 5.37. The largest absolute Gasteiger partial charge is 0.475 e. The first-order chi connectivity index (χ1) is 7.24. The van der Waals surface area contributed by atoms with Crippen LogP contribution in [-0.2, 0) is 4.74 Å². The number of halogens is 1. The molecule has 82 valence electrons. The van der Waals surface area contributed by atoms with Gasteiger partial charge in [0, 0.05) is 18.4 Å². The molecule has 5 heteroatoms. The van der Waals surface area contributed by atoms with Crippen LogP contribution in [-0.4, -0.2) is 29.3 Å². The monoisotopic (exact) mass is 228 g/mol. The Morgan fingerprint density at radius 1 is 1.60 bits per heavy atom. The SMILES string of the molecule is Cc1cc(OCC2CCCO2)nc(Cl)n1. The summed E-state index contributed by atoms with van der Waals surface area (Å²) in [7, 11) is 0. The van der Waals surface area contributed by atoms with Gasteiger partial charge in [-0.15, -0.1) is 0 Å². The summed E-state index contributed by atoms with van der Waals surface area (Å²) in [6.45, 7) is 3.22. The third-order valence-electron chi connectivity index (χ3n) is 2.24. The molecule has 1 aromatic heterocycles. The number of aryl methyl sites for hydroxylation is 1. The zero-order chi connectivity index (χ0) is 10.7. The Bertz CT molecular complexity index is 320. The molecule has 0 radical (unpaired) electrons. The second kappa shape index (κ2) is 4.77. The van der Waals surface area contributed by atoms with Gasteiger partial charge in [0.25, 0.3) is 0 Å². The molecule has 1 aromatic rings. The van der Waals surface area contributed by atoms with Crippen LogP contribution < -0.4 is 4.74 Å². The maximum absolute atomic E-state index is 5.71. The normalized spacial score (nSPS) is 20.5. The molecule has 0 N–H and O–H groups in total. The summed E-state index contributed by atoms with van der Waals surface area (Å²) in [4.78, 5) is 7.93. The van der Waals surface area contributed by atoms with Crippen LogP contribution in [0.4, 0.5) is 0 Å². The van der Waals surface area contributed by atoms with Crippen LogP contribution in [0.2, 0.25) is 5.28 Å². The molecule has 0 amide bonds. The Kier molecular flexibility index (Phi) is 3.38.